The second-order valence-corrected chi connectivity index (χ2v) is 5.34. The second kappa shape index (κ2) is 6.30. The molecule has 0 atom stereocenters. The number of hydrogen-bond acceptors (Lipinski definition) is 4. The van der Waals surface area contributed by atoms with Crippen molar-refractivity contribution in [2.24, 2.45) is 5.14 Å². The third-order valence-corrected chi connectivity index (χ3v) is 3.11. The van der Waals surface area contributed by atoms with Crippen molar-refractivity contribution in [1.82, 2.24) is 5.32 Å². The molecule has 0 aliphatic heterocycles. The molecule has 19 heavy (non-hydrogen) atoms. The Hall–Kier alpha value is -1.93. The lowest BCUT2D eigenvalue weighted by Crippen LogP contribution is -2.35. The summed E-state index contributed by atoms with van der Waals surface area (Å²) in [4.78, 5) is 22.7. The highest BCUT2D eigenvalue weighted by Crippen LogP contribution is 2.12. The molecule has 104 valence electrons. The number of benzene rings is 1. The van der Waals surface area contributed by atoms with E-state index in [2.05, 4.69) is 10.6 Å². The Balaban J connectivity index is 2.68. The van der Waals surface area contributed by atoms with Crippen LogP contribution in [0.3, 0.4) is 0 Å². The van der Waals surface area contributed by atoms with Crippen LogP contribution in [0.25, 0.3) is 0 Å². The van der Waals surface area contributed by atoms with Crippen molar-refractivity contribution in [1.29, 1.82) is 0 Å². The standard InChI is InChI=1S/C11H15N3O4S/c1-2-7-13-10(15)11(16)14-8-3-5-9(6-4-8)19(12,17)18/h3-6H,2,7H2,1H3,(H,13,15)(H,14,16)(H2,12,17,18). The lowest BCUT2D eigenvalue weighted by atomic mass is 10.3. The topological polar surface area (TPSA) is 118 Å². The molecule has 4 N–H and O–H groups in total. The van der Waals surface area contributed by atoms with Gasteiger partial charge in [-0.2, -0.15) is 0 Å². The summed E-state index contributed by atoms with van der Waals surface area (Å²) >= 11 is 0. The third-order valence-electron chi connectivity index (χ3n) is 2.18. The average molecular weight is 285 g/mol. The van der Waals surface area contributed by atoms with Crippen LogP contribution < -0.4 is 15.8 Å². The Morgan fingerprint density at radius 2 is 1.74 bits per heavy atom. The molecule has 1 aromatic rings. The van der Waals surface area contributed by atoms with Gasteiger partial charge in [0.15, 0.2) is 0 Å². The van der Waals surface area contributed by atoms with Crippen LogP contribution in [0.5, 0.6) is 0 Å². The first-order valence-corrected chi connectivity index (χ1v) is 7.11. The monoisotopic (exact) mass is 285 g/mol. The zero-order chi connectivity index (χ0) is 14.5. The molecular weight excluding hydrogens is 270 g/mol. The Bertz CT molecular complexity index is 566. The van der Waals surface area contributed by atoms with Crippen molar-refractivity contribution in [3.05, 3.63) is 24.3 Å². The number of nitrogens with two attached hydrogens (primary N) is 1. The summed E-state index contributed by atoms with van der Waals surface area (Å²) in [6.45, 7) is 2.28. The molecule has 0 spiro atoms. The normalized spacial score (nSPS) is 10.8. The molecule has 1 rings (SSSR count). The van der Waals surface area contributed by atoms with E-state index in [-0.39, 0.29) is 4.90 Å². The fourth-order valence-corrected chi connectivity index (χ4v) is 1.75. The molecule has 2 amide bonds. The molecule has 0 fully saturated rings. The fourth-order valence-electron chi connectivity index (χ4n) is 1.23. The zero-order valence-corrected chi connectivity index (χ0v) is 11.2. The molecule has 0 saturated carbocycles. The molecule has 0 unspecified atom stereocenters. The van der Waals surface area contributed by atoms with E-state index in [1.54, 1.807) is 0 Å². The van der Waals surface area contributed by atoms with Crippen molar-refractivity contribution in [2.45, 2.75) is 18.2 Å². The van der Waals surface area contributed by atoms with Gasteiger partial charge in [0.25, 0.3) is 0 Å². The first-order chi connectivity index (χ1) is 8.84. The van der Waals surface area contributed by atoms with Gasteiger partial charge in [-0.15, -0.1) is 0 Å². The van der Waals surface area contributed by atoms with E-state index in [9.17, 15) is 18.0 Å². The van der Waals surface area contributed by atoms with Crippen molar-refractivity contribution < 1.29 is 18.0 Å². The van der Waals surface area contributed by atoms with Gasteiger partial charge in [0.1, 0.15) is 0 Å². The largest absolute Gasteiger partial charge is 0.348 e. The summed E-state index contributed by atoms with van der Waals surface area (Å²) in [5, 5.41) is 9.70. The Kier molecular flexibility index (Phi) is 5.02. The van der Waals surface area contributed by atoms with E-state index in [1.165, 1.54) is 24.3 Å². The lowest BCUT2D eigenvalue weighted by molar-refractivity contribution is -0.136. The Morgan fingerprint density at radius 3 is 2.21 bits per heavy atom. The Labute approximate surface area is 111 Å². The van der Waals surface area contributed by atoms with Crippen LogP contribution >= 0.6 is 0 Å². The van der Waals surface area contributed by atoms with Crippen LogP contribution in [0.15, 0.2) is 29.2 Å². The number of nitrogens with one attached hydrogen (secondary N) is 2. The van der Waals surface area contributed by atoms with Crippen LogP contribution in [-0.4, -0.2) is 26.8 Å². The highest BCUT2D eigenvalue weighted by molar-refractivity contribution is 7.89. The molecule has 0 heterocycles. The number of rotatable bonds is 4. The highest BCUT2D eigenvalue weighted by atomic mass is 32.2. The summed E-state index contributed by atoms with van der Waals surface area (Å²) in [6, 6.07) is 5.19. The van der Waals surface area contributed by atoms with Crippen LogP contribution in [-0.2, 0) is 19.6 Å². The number of anilines is 1. The van der Waals surface area contributed by atoms with Crippen molar-refractivity contribution >= 4 is 27.5 Å². The molecular formula is C11H15N3O4S. The van der Waals surface area contributed by atoms with Gasteiger partial charge in [-0.1, -0.05) is 6.92 Å². The summed E-state index contributed by atoms with van der Waals surface area (Å²) in [5.74, 6) is -1.55. The van der Waals surface area contributed by atoms with E-state index >= 15 is 0 Å². The molecule has 0 radical (unpaired) electrons. The number of amides is 2. The summed E-state index contributed by atoms with van der Waals surface area (Å²) < 4.78 is 22.0. The van der Waals surface area contributed by atoms with Gasteiger partial charge in [0.05, 0.1) is 4.90 Å². The van der Waals surface area contributed by atoms with Gasteiger partial charge in [-0.05, 0) is 30.7 Å². The molecule has 0 aliphatic rings. The van der Waals surface area contributed by atoms with Gasteiger partial charge in [-0.25, -0.2) is 13.6 Å². The minimum Gasteiger partial charge on any atom is -0.348 e. The zero-order valence-electron chi connectivity index (χ0n) is 10.3. The average Bonchev–Trinajstić information content (AvgIpc) is 2.35. The summed E-state index contributed by atoms with van der Waals surface area (Å²) in [6.07, 6.45) is 0.724. The number of carbonyl (C=O) groups is 2. The maximum Gasteiger partial charge on any atom is 0.313 e. The van der Waals surface area contributed by atoms with E-state index < -0.39 is 21.8 Å². The Morgan fingerprint density at radius 1 is 1.16 bits per heavy atom. The molecule has 7 nitrogen and oxygen atoms in total. The minimum absolute atomic E-state index is 0.0686. The van der Waals surface area contributed by atoms with Gasteiger partial charge >= 0.3 is 11.8 Å². The van der Waals surface area contributed by atoms with Gasteiger partial charge in [0, 0.05) is 12.2 Å². The van der Waals surface area contributed by atoms with Crippen molar-refractivity contribution in [2.75, 3.05) is 11.9 Å². The van der Waals surface area contributed by atoms with Crippen LogP contribution in [0.2, 0.25) is 0 Å². The predicted molar refractivity (Wildman–Crippen MR) is 69.7 cm³/mol. The third kappa shape index (κ3) is 4.68. The summed E-state index contributed by atoms with van der Waals surface area (Å²) in [5.41, 5.74) is 0.309. The van der Waals surface area contributed by atoms with Crippen LogP contribution in [0.1, 0.15) is 13.3 Å². The molecule has 0 aliphatic carbocycles. The van der Waals surface area contributed by atoms with E-state index in [1.807, 2.05) is 6.92 Å². The number of carbonyl (C=O) groups excluding carboxylic acids is 2. The van der Waals surface area contributed by atoms with Gasteiger partial charge < -0.3 is 10.6 Å². The maximum atomic E-state index is 11.4. The van der Waals surface area contributed by atoms with E-state index in [4.69, 9.17) is 5.14 Å². The number of sulfonamides is 1. The van der Waals surface area contributed by atoms with Gasteiger partial charge in [0.2, 0.25) is 10.0 Å². The van der Waals surface area contributed by atoms with Crippen LogP contribution in [0, 0.1) is 0 Å². The molecule has 0 bridgehead atoms. The summed E-state index contributed by atoms with van der Waals surface area (Å²) in [7, 11) is -3.77. The second-order valence-electron chi connectivity index (χ2n) is 3.78. The van der Waals surface area contributed by atoms with Gasteiger partial charge in [-0.3, -0.25) is 9.59 Å². The minimum atomic E-state index is -3.77. The first-order valence-electron chi connectivity index (χ1n) is 5.56. The first kappa shape index (κ1) is 15.1. The molecule has 8 heteroatoms. The van der Waals surface area contributed by atoms with Crippen molar-refractivity contribution in [3.8, 4) is 0 Å². The maximum absolute atomic E-state index is 11.4. The predicted octanol–water partition coefficient (Wildman–Crippen LogP) is -0.201. The van der Waals surface area contributed by atoms with E-state index in [0.717, 1.165) is 6.42 Å². The number of primary sulfonamides is 1. The van der Waals surface area contributed by atoms with Crippen LogP contribution in [0.4, 0.5) is 5.69 Å². The van der Waals surface area contributed by atoms with Crippen molar-refractivity contribution in [3.63, 3.8) is 0 Å². The molecule has 1 aromatic carbocycles. The fraction of sp³-hybridized carbons (Fsp3) is 0.273. The van der Waals surface area contributed by atoms with E-state index in [0.29, 0.717) is 12.2 Å². The highest BCUT2D eigenvalue weighted by Gasteiger charge is 2.13. The molecule has 0 aromatic heterocycles. The lowest BCUT2D eigenvalue weighted by Gasteiger charge is -2.06. The number of hydrogen-bond donors (Lipinski definition) is 3. The SMILES string of the molecule is CCCNC(=O)C(=O)Nc1ccc(S(N)(=O)=O)cc1. The smallest absolute Gasteiger partial charge is 0.313 e. The quantitative estimate of drug-likeness (QED) is 0.664. The molecule has 0 saturated heterocycles.